The second kappa shape index (κ2) is 12.6. The van der Waals surface area contributed by atoms with E-state index in [1.807, 2.05) is 36.6 Å². The van der Waals surface area contributed by atoms with E-state index >= 15 is 0 Å². The van der Waals surface area contributed by atoms with Crippen LogP contribution in [-0.2, 0) is 23.4 Å². The number of terminal acetylenes is 1. The summed E-state index contributed by atoms with van der Waals surface area (Å²) in [7, 11) is -2.96. The van der Waals surface area contributed by atoms with Crippen LogP contribution in [0.25, 0.3) is 0 Å². The van der Waals surface area contributed by atoms with Crippen LogP contribution in [0.2, 0.25) is 5.04 Å². The predicted octanol–water partition coefficient (Wildman–Crippen LogP) is 5.15. The quantitative estimate of drug-likeness (QED) is 0.274. The van der Waals surface area contributed by atoms with Gasteiger partial charge in [0, 0.05) is 5.56 Å². The lowest BCUT2D eigenvalue weighted by atomic mass is 9.98. The lowest BCUT2D eigenvalue weighted by molar-refractivity contribution is -0.318. The van der Waals surface area contributed by atoms with Crippen molar-refractivity contribution in [2.45, 2.75) is 62.0 Å². The van der Waals surface area contributed by atoms with Gasteiger partial charge in [-0.15, -0.1) is 18.2 Å². The summed E-state index contributed by atoms with van der Waals surface area (Å²) in [6.45, 7) is 7.37. The summed E-state index contributed by atoms with van der Waals surface area (Å²) in [6, 6.07) is 31.3. The lowest BCUT2D eigenvalue weighted by Gasteiger charge is -2.53. The van der Waals surface area contributed by atoms with Crippen LogP contribution in [0.1, 0.15) is 32.6 Å². The molecule has 2 heterocycles. The maximum absolute atomic E-state index is 7.68. The minimum Gasteiger partial charge on any atom is -0.399 e. The number of benzene rings is 3. The van der Waals surface area contributed by atoms with Gasteiger partial charge in [-0.2, -0.15) is 0 Å². The van der Waals surface area contributed by atoms with Gasteiger partial charge < -0.3 is 23.4 Å². The van der Waals surface area contributed by atoms with E-state index in [-0.39, 0.29) is 23.2 Å². The zero-order valence-corrected chi connectivity index (χ0v) is 25.4. The Balaban J connectivity index is 1.64. The fraction of sp³-hybridized carbons (Fsp3) is 0.394. The number of hydrogen-bond acceptors (Lipinski definition) is 6. The molecule has 2 aliphatic heterocycles. The maximum atomic E-state index is 7.68. The van der Waals surface area contributed by atoms with Crippen molar-refractivity contribution in [3.63, 3.8) is 0 Å². The van der Waals surface area contributed by atoms with E-state index in [0.29, 0.717) is 6.61 Å². The largest absolute Gasteiger partial charge is 0.399 e. The number of rotatable bonds is 8. The van der Waals surface area contributed by atoms with E-state index in [9.17, 15) is 0 Å². The molecule has 0 saturated carbocycles. The molecule has 5 rings (SSSR count). The predicted molar refractivity (Wildman–Crippen MR) is 163 cm³/mol. The normalized spacial score (nSPS) is 27.0. The van der Waals surface area contributed by atoms with Crippen molar-refractivity contribution in [2.24, 2.45) is 0 Å². The number of hydrogen-bond donors (Lipinski definition) is 0. The molecule has 2 fully saturated rings. The third kappa shape index (κ3) is 5.68. The molecule has 0 radical (unpaired) electrons. The molecule has 0 bridgehead atoms. The molecule has 6 atom stereocenters. The number of ether oxygens (including phenoxy) is 4. The van der Waals surface area contributed by atoms with Crippen molar-refractivity contribution in [1.82, 2.24) is 0 Å². The van der Waals surface area contributed by atoms with Gasteiger partial charge in [0.05, 0.1) is 6.61 Å². The first kappa shape index (κ1) is 29.1. The van der Waals surface area contributed by atoms with E-state index in [1.165, 1.54) is 10.4 Å². The molecule has 40 heavy (non-hydrogen) atoms. The van der Waals surface area contributed by atoms with Gasteiger partial charge in [0.15, 0.2) is 6.29 Å². The highest BCUT2D eigenvalue weighted by Crippen LogP contribution is 2.43. The average molecular weight is 575 g/mol. The molecule has 0 N–H and O–H groups in total. The molecule has 0 aliphatic carbocycles. The molecule has 210 valence electrons. The Morgan fingerprint density at radius 2 is 1.45 bits per heavy atom. The van der Waals surface area contributed by atoms with Gasteiger partial charge in [0.25, 0.3) is 8.32 Å². The standard InChI is InChI=1S/C33H38O5SSi/c1-6-22-34-30-29(28-27(36-32(30)39-5)23-35-31(37-28)24-16-10-7-11-17-24)38-40(33(2,3)4,25-18-12-8-13-19-25)26-20-14-9-15-21-26/h1,7-21,27-32H,22-23H2,2-5H3/t27-,28-,29+,30+,31?,32-/m1/s1. The van der Waals surface area contributed by atoms with Crippen LogP contribution in [0, 0.1) is 12.3 Å². The van der Waals surface area contributed by atoms with E-state index in [1.54, 1.807) is 11.8 Å². The van der Waals surface area contributed by atoms with Crippen molar-refractivity contribution in [3.05, 3.63) is 96.6 Å². The SMILES string of the molecule is C#CCO[C@H]1[C@@H](O[Si](c2ccccc2)(c2ccccc2)C(C)(C)C)[C@@H]2OC(c3ccccc3)OC[C@H]2O[C@@H]1SC. The topological polar surface area (TPSA) is 46.2 Å². The zero-order chi connectivity index (χ0) is 28.2. The van der Waals surface area contributed by atoms with Gasteiger partial charge >= 0.3 is 0 Å². The van der Waals surface area contributed by atoms with Crippen LogP contribution in [-0.4, -0.2) is 57.6 Å². The second-order valence-electron chi connectivity index (χ2n) is 11.2. The van der Waals surface area contributed by atoms with E-state index in [4.69, 9.17) is 29.8 Å². The Hall–Kier alpha value is -2.41. The fourth-order valence-corrected chi connectivity index (χ4v) is 11.3. The number of fused-ring (bicyclic) bond motifs is 1. The van der Waals surface area contributed by atoms with Gasteiger partial charge in [0.2, 0.25) is 0 Å². The van der Waals surface area contributed by atoms with Gasteiger partial charge in [-0.3, -0.25) is 0 Å². The van der Waals surface area contributed by atoms with Gasteiger partial charge in [-0.25, -0.2) is 0 Å². The highest BCUT2D eigenvalue weighted by Gasteiger charge is 2.58. The Morgan fingerprint density at radius 1 is 0.875 bits per heavy atom. The highest BCUT2D eigenvalue weighted by molar-refractivity contribution is 7.99. The summed E-state index contributed by atoms with van der Waals surface area (Å²) >= 11 is 1.59. The van der Waals surface area contributed by atoms with Crippen molar-refractivity contribution in [1.29, 1.82) is 0 Å². The molecule has 2 saturated heterocycles. The van der Waals surface area contributed by atoms with Crippen LogP contribution in [0.15, 0.2) is 91.0 Å². The summed E-state index contributed by atoms with van der Waals surface area (Å²) < 4.78 is 33.5. The van der Waals surface area contributed by atoms with Crippen molar-refractivity contribution >= 4 is 30.5 Å². The van der Waals surface area contributed by atoms with Gasteiger partial charge in [-0.1, -0.05) is 118 Å². The Labute approximate surface area is 243 Å². The molecule has 7 heteroatoms. The summed E-state index contributed by atoms with van der Waals surface area (Å²) in [5, 5.41) is 2.17. The summed E-state index contributed by atoms with van der Waals surface area (Å²) in [5.41, 5.74) is 0.663. The lowest BCUT2D eigenvalue weighted by Crippen LogP contribution is -2.72. The molecule has 2 aliphatic rings. The maximum Gasteiger partial charge on any atom is 0.261 e. The Kier molecular flexibility index (Phi) is 9.18. The number of thioether (sulfide) groups is 1. The van der Waals surface area contributed by atoms with E-state index < -0.39 is 32.9 Å². The first-order chi connectivity index (χ1) is 19.4. The molecular weight excluding hydrogens is 537 g/mol. The molecule has 5 nitrogen and oxygen atoms in total. The van der Waals surface area contributed by atoms with E-state index in [2.05, 4.69) is 87.4 Å². The second-order valence-corrected chi connectivity index (χ2v) is 16.4. The Bertz CT molecular complexity index is 1220. The first-order valence-electron chi connectivity index (χ1n) is 13.7. The zero-order valence-electron chi connectivity index (χ0n) is 23.6. The van der Waals surface area contributed by atoms with Crippen LogP contribution in [0.3, 0.4) is 0 Å². The molecular formula is C33H38O5SSi. The molecule has 0 spiro atoms. The molecule has 0 aromatic heterocycles. The van der Waals surface area contributed by atoms with Crippen LogP contribution in [0.4, 0.5) is 0 Å². The molecule has 0 amide bonds. The summed E-state index contributed by atoms with van der Waals surface area (Å²) in [6.07, 6.45) is 5.54. The minimum absolute atomic E-state index is 0.154. The molecule has 3 aromatic carbocycles. The summed E-state index contributed by atoms with van der Waals surface area (Å²) in [4.78, 5) is 0. The summed E-state index contributed by atoms with van der Waals surface area (Å²) in [5.74, 6) is 2.65. The van der Waals surface area contributed by atoms with Crippen LogP contribution in [0.5, 0.6) is 0 Å². The van der Waals surface area contributed by atoms with Crippen molar-refractivity contribution in [2.75, 3.05) is 19.5 Å². The minimum atomic E-state index is -2.96. The molecule has 3 aromatic rings. The fourth-order valence-electron chi connectivity index (χ4n) is 5.87. The average Bonchev–Trinajstić information content (AvgIpc) is 2.99. The molecule has 1 unspecified atom stereocenters. The third-order valence-electron chi connectivity index (χ3n) is 7.68. The van der Waals surface area contributed by atoms with E-state index in [0.717, 1.165) is 5.56 Å². The monoisotopic (exact) mass is 574 g/mol. The smallest absolute Gasteiger partial charge is 0.261 e. The third-order valence-corrected chi connectivity index (χ3v) is 13.6. The van der Waals surface area contributed by atoms with Crippen LogP contribution >= 0.6 is 11.8 Å². The first-order valence-corrected chi connectivity index (χ1v) is 16.9. The van der Waals surface area contributed by atoms with Gasteiger partial charge in [-0.05, 0) is 21.7 Å². The van der Waals surface area contributed by atoms with Crippen molar-refractivity contribution in [3.8, 4) is 12.3 Å². The van der Waals surface area contributed by atoms with Crippen molar-refractivity contribution < 1.29 is 23.4 Å². The van der Waals surface area contributed by atoms with Gasteiger partial charge in [0.1, 0.15) is 36.5 Å². The van der Waals surface area contributed by atoms with Crippen LogP contribution < -0.4 is 10.4 Å². The Morgan fingerprint density at radius 3 is 1.98 bits per heavy atom. The highest BCUT2D eigenvalue weighted by atomic mass is 32.2.